The molecule has 0 aliphatic heterocycles. The fraction of sp³-hybridized carbons (Fsp3) is 0.533. The van der Waals surface area contributed by atoms with Crippen molar-refractivity contribution in [2.75, 3.05) is 26.4 Å². The van der Waals surface area contributed by atoms with Crippen molar-refractivity contribution in [2.24, 2.45) is 5.92 Å². The molecular formula is C15H24BrN3O. The summed E-state index contributed by atoms with van der Waals surface area (Å²) in [6, 6.07) is 5.45. The molecule has 1 atom stereocenters. The molecule has 0 fully saturated rings. The second-order valence-corrected chi connectivity index (χ2v) is 6.71. The molecule has 1 aromatic carbocycles. The zero-order valence-electron chi connectivity index (χ0n) is 12.6. The van der Waals surface area contributed by atoms with Crippen molar-refractivity contribution in [1.29, 1.82) is 0 Å². The van der Waals surface area contributed by atoms with Gasteiger partial charge in [-0.3, -0.25) is 4.79 Å². The summed E-state index contributed by atoms with van der Waals surface area (Å²) in [5.74, 6) is 0.421. The average molecular weight is 342 g/mol. The Bertz CT molecular complexity index is 450. The number of nitrogens with two attached hydrogens (primary N) is 1. The summed E-state index contributed by atoms with van der Waals surface area (Å²) in [4.78, 5) is 14.4. The van der Waals surface area contributed by atoms with Crippen molar-refractivity contribution in [3.05, 3.63) is 28.2 Å². The number of nitrogens with zero attached hydrogens (tertiary/aromatic N) is 1. The number of halogens is 1. The van der Waals surface area contributed by atoms with Crippen molar-refractivity contribution >= 4 is 27.5 Å². The molecular weight excluding hydrogens is 318 g/mol. The van der Waals surface area contributed by atoms with E-state index in [0.717, 1.165) is 17.4 Å². The van der Waals surface area contributed by atoms with Crippen LogP contribution in [0.1, 0.15) is 30.6 Å². The highest BCUT2D eigenvalue weighted by atomic mass is 79.9. The molecule has 0 aliphatic carbocycles. The molecule has 5 heteroatoms. The third-order valence-electron chi connectivity index (χ3n) is 2.93. The van der Waals surface area contributed by atoms with Gasteiger partial charge in [-0.15, -0.1) is 0 Å². The first-order chi connectivity index (χ1) is 9.29. The maximum Gasteiger partial charge on any atom is 0.253 e. The number of carbonyl (C=O) groups excluding carboxylic acids is 1. The Kier molecular flexibility index (Phi) is 6.49. The average Bonchev–Trinajstić information content (AvgIpc) is 2.26. The number of rotatable bonds is 6. The van der Waals surface area contributed by atoms with Crippen LogP contribution in [0.15, 0.2) is 22.7 Å². The number of hydrogen-bond acceptors (Lipinski definition) is 3. The van der Waals surface area contributed by atoms with Crippen LogP contribution in [0.25, 0.3) is 0 Å². The van der Waals surface area contributed by atoms with E-state index >= 15 is 0 Å². The molecule has 0 spiro atoms. The predicted octanol–water partition coefficient (Wildman–Crippen LogP) is 2.74. The Morgan fingerprint density at radius 2 is 2.05 bits per heavy atom. The highest BCUT2D eigenvalue weighted by molar-refractivity contribution is 9.10. The van der Waals surface area contributed by atoms with Crippen LogP contribution >= 0.6 is 15.9 Å². The van der Waals surface area contributed by atoms with Crippen molar-refractivity contribution in [3.8, 4) is 0 Å². The van der Waals surface area contributed by atoms with E-state index in [-0.39, 0.29) is 11.9 Å². The molecule has 0 saturated carbocycles. The molecule has 3 N–H and O–H groups in total. The number of carbonyl (C=O) groups is 1. The normalized spacial score (nSPS) is 12.8. The molecule has 1 aromatic rings. The number of hydrogen-bond donors (Lipinski definition) is 2. The van der Waals surface area contributed by atoms with Crippen molar-refractivity contribution in [3.63, 3.8) is 0 Å². The molecule has 1 amide bonds. The summed E-state index contributed by atoms with van der Waals surface area (Å²) in [5, 5.41) is 3.08. The second kappa shape index (κ2) is 7.64. The second-order valence-electron chi connectivity index (χ2n) is 5.79. The van der Waals surface area contributed by atoms with E-state index in [1.807, 2.05) is 20.2 Å². The molecule has 1 unspecified atom stereocenters. The monoisotopic (exact) mass is 341 g/mol. The lowest BCUT2D eigenvalue weighted by Crippen LogP contribution is -2.42. The smallest absolute Gasteiger partial charge is 0.253 e. The van der Waals surface area contributed by atoms with Crippen LogP contribution in [0, 0.1) is 5.92 Å². The van der Waals surface area contributed by atoms with E-state index in [1.165, 1.54) is 0 Å². The van der Waals surface area contributed by atoms with Crippen molar-refractivity contribution in [2.45, 2.75) is 26.3 Å². The Labute approximate surface area is 129 Å². The molecule has 20 heavy (non-hydrogen) atoms. The third kappa shape index (κ3) is 5.51. The molecule has 0 heterocycles. The van der Waals surface area contributed by atoms with E-state index in [1.54, 1.807) is 12.1 Å². The Balaban J connectivity index is 2.78. The molecule has 0 radical (unpaired) electrons. The Morgan fingerprint density at radius 1 is 1.40 bits per heavy atom. The highest BCUT2D eigenvalue weighted by Crippen LogP contribution is 2.19. The van der Waals surface area contributed by atoms with Gasteiger partial charge in [0.15, 0.2) is 0 Å². The van der Waals surface area contributed by atoms with Crippen LogP contribution in [0.2, 0.25) is 0 Å². The van der Waals surface area contributed by atoms with Gasteiger partial charge in [-0.25, -0.2) is 0 Å². The van der Waals surface area contributed by atoms with Crippen LogP contribution in [-0.4, -0.2) is 37.5 Å². The van der Waals surface area contributed by atoms with Gasteiger partial charge in [-0.2, -0.15) is 0 Å². The zero-order valence-corrected chi connectivity index (χ0v) is 14.2. The fourth-order valence-corrected chi connectivity index (χ4v) is 2.57. The lowest BCUT2D eigenvalue weighted by molar-refractivity contribution is 0.0925. The SMILES string of the molecule is CC(C)CC(CN(C)C)NC(=O)c1ccc(Br)cc1N. The van der Waals surface area contributed by atoms with Crippen LogP contribution in [0.5, 0.6) is 0 Å². The summed E-state index contributed by atoms with van der Waals surface area (Å²) in [6.07, 6.45) is 0.945. The van der Waals surface area contributed by atoms with E-state index in [2.05, 4.69) is 40.0 Å². The first kappa shape index (κ1) is 17.0. The van der Waals surface area contributed by atoms with Crippen LogP contribution < -0.4 is 11.1 Å². The quantitative estimate of drug-likeness (QED) is 0.782. The number of likely N-dealkylation sites (N-methyl/N-ethyl adjacent to an activating group) is 1. The van der Waals surface area contributed by atoms with Crippen LogP contribution in [0.4, 0.5) is 5.69 Å². The Hall–Kier alpha value is -1.07. The summed E-state index contributed by atoms with van der Waals surface area (Å²) in [5.41, 5.74) is 6.92. The molecule has 0 bridgehead atoms. The molecule has 1 rings (SSSR count). The largest absolute Gasteiger partial charge is 0.398 e. The van der Waals surface area contributed by atoms with Gasteiger partial charge in [0, 0.05) is 22.7 Å². The lowest BCUT2D eigenvalue weighted by Gasteiger charge is -2.24. The van der Waals surface area contributed by atoms with Gasteiger partial charge in [0.05, 0.1) is 5.56 Å². The topological polar surface area (TPSA) is 58.4 Å². The summed E-state index contributed by atoms with van der Waals surface area (Å²) in [6.45, 7) is 5.13. The number of nitrogens with one attached hydrogen (secondary N) is 1. The van der Waals surface area contributed by atoms with E-state index < -0.39 is 0 Å². The third-order valence-corrected chi connectivity index (χ3v) is 3.43. The predicted molar refractivity (Wildman–Crippen MR) is 87.8 cm³/mol. The van der Waals surface area contributed by atoms with Gasteiger partial charge >= 0.3 is 0 Å². The van der Waals surface area contributed by atoms with Crippen molar-refractivity contribution in [1.82, 2.24) is 10.2 Å². The van der Waals surface area contributed by atoms with Crippen LogP contribution in [-0.2, 0) is 0 Å². The van der Waals surface area contributed by atoms with Gasteiger partial charge in [0.2, 0.25) is 0 Å². The number of benzene rings is 1. The number of amides is 1. The number of anilines is 1. The van der Waals surface area contributed by atoms with E-state index in [4.69, 9.17) is 5.73 Å². The maximum absolute atomic E-state index is 12.3. The van der Waals surface area contributed by atoms with E-state index in [0.29, 0.717) is 17.2 Å². The molecule has 4 nitrogen and oxygen atoms in total. The Morgan fingerprint density at radius 3 is 2.55 bits per heavy atom. The summed E-state index contributed by atoms with van der Waals surface area (Å²) >= 11 is 3.34. The van der Waals surface area contributed by atoms with Gasteiger partial charge in [0.1, 0.15) is 0 Å². The highest BCUT2D eigenvalue weighted by Gasteiger charge is 2.17. The minimum Gasteiger partial charge on any atom is -0.398 e. The summed E-state index contributed by atoms with van der Waals surface area (Å²) < 4.78 is 0.874. The molecule has 112 valence electrons. The van der Waals surface area contributed by atoms with Gasteiger partial charge < -0.3 is 16.0 Å². The fourth-order valence-electron chi connectivity index (χ4n) is 2.19. The molecule has 0 aromatic heterocycles. The first-order valence-corrected chi connectivity index (χ1v) is 7.59. The minimum absolute atomic E-state index is 0.109. The van der Waals surface area contributed by atoms with Gasteiger partial charge in [0.25, 0.3) is 5.91 Å². The summed E-state index contributed by atoms with van der Waals surface area (Å²) in [7, 11) is 4.01. The van der Waals surface area contributed by atoms with Crippen LogP contribution in [0.3, 0.4) is 0 Å². The van der Waals surface area contributed by atoms with Crippen molar-refractivity contribution < 1.29 is 4.79 Å². The lowest BCUT2D eigenvalue weighted by atomic mass is 10.0. The molecule has 0 aliphatic rings. The van der Waals surface area contributed by atoms with E-state index in [9.17, 15) is 4.79 Å². The first-order valence-electron chi connectivity index (χ1n) is 6.80. The molecule has 0 saturated heterocycles. The maximum atomic E-state index is 12.3. The minimum atomic E-state index is -0.109. The van der Waals surface area contributed by atoms with Gasteiger partial charge in [-0.1, -0.05) is 29.8 Å². The van der Waals surface area contributed by atoms with Gasteiger partial charge in [-0.05, 0) is 44.6 Å². The standard InChI is InChI=1S/C15H24BrN3O/c1-10(2)7-12(9-19(3)4)18-15(20)13-6-5-11(16)8-14(13)17/h5-6,8,10,12H,7,9,17H2,1-4H3,(H,18,20). The zero-order chi connectivity index (χ0) is 15.3. The number of nitrogen functional groups attached to an aromatic ring is 1.